The molecule has 0 aliphatic heterocycles. The van der Waals surface area contributed by atoms with Gasteiger partial charge in [-0.25, -0.2) is 13.8 Å². The van der Waals surface area contributed by atoms with Gasteiger partial charge in [0.15, 0.2) is 11.7 Å². The summed E-state index contributed by atoms with van der Waals surface area (Å²) in [5.41, 5.74) is 0.789. The Morgan fingerprint density at radius 1 is 1.03 bits per heavy atom. The summed E-state index contributed by atoms with van der Waals surface area (Å²) in [4.78, 5) is 28.7. The topological polar surface area (TPSA) is 97.4 Å². The van der Waals surface area contributed by atoms with Crippen LogP contribution in [-0.4, -0.2) is 16.8 Å². The molecule has 0 saturated carbocycles. The van der Waals surface area contributed by atoms with Crippen molar-refractivity contribution in [3.05, 3.63) is 89.8 Å². The van der Waals surface area contributed by atoms with Crippen LogP contribution in [-0.2, 0) is 11.2 Å². The second kappa shape index (κ2) is 9.47. The van der Waals surface area contributed by atoms with Gasteiger partial charge in [0.25, 0.3) is 5.91 Å². The molecule has 9 heteroatoms. The number of furan rings is 1. The molecule has 0 spiro atoms. The quantitative estimate of drug-likeness (QED) is 0.395. The van der Waals surface area contributed by atoms with Gasteiger partial charge in [-0.2, -0.15) is 0 Å². The summed E-state index contributed by atoms with van der Waals surface area (Å²) < 4.78 is 38.6. The van der Waals surface area contributed by atoms with Crippen molar-refractivity contribution in [1.29, 1.82) is 0 Å². The maximum atomic E-state index is 14.2. The summed E-state index contributed by atoms with van der Waals surface area (Å²) in [6.07, 6.45) is 2.99. The van der Waals surface area contributed by atoms with Crippen LogP contribution in [0.25, 0.3) is 11.3 Å². The summed E-state index contributed by atoms with van der Waals surface area (Å²) >= 11 is 0. The lowest BCUT2D eigenvalue weighted by Crippen LogP contribution is -2.15. The zero-order valence-corrected chi connectivity index (χ0v) is 17.5. The predicted octanol–water partition coefficient (Wildman–Crippen LogP) is 5.34. The number of aryl methyl sites for hydroxylation is 2. The van der Waals surface area contributed by atoms with Gasteiger partial charge in [0.05, 0.1) is 29.3 Å². The third-order valence-corrected chi connectivity index (χ3v) is 4.86. The first-order valence-corrected chi connectivity index (χ1v) is 10.0. The number of anilines is 2. The van der Waals surface area contributed by atoms with Crippen molar-refractivity contribution in [3.63, 3.8) is 0 Å². The smallest absolute Gasteiger partial charge is 0.259 e. The van der Waals surface area contributed by atoms with Gasteiger partial charge in [-0.3, -0.25) is 9.59 Å². The highest BCUT2D eigenvalue weighted by molar-refractivity contribution is 6.05. The van der Waals surface area contributed by atoms with E-state index in [-0.39, 0.29) is 47.2 Å². The predicted molar refractivity (Wildman–Crippen MR) is 117 cm³/mol. The van der Waals surface area contributed by atoms with Gasteiger partial charge >= 0.3 is 0 Å². The minimum absolute atomic E-state index is 0.0323. The van der Waals surface area contributed by atoms with Gasteiger partial charge < -0.3 is 19.5 Å². The molecule has 2 aromatic carbocycles. The number of carbonyl (C=O) groups is 2. The number of nitrogens with one attached hydrogen (secondary N) is 2. The first-order chi connectivity index (χ1) is 15.9. The third-order valence-electron chi connectivity index (χ3n) is 4.86. The molecule has 168 valence electrons. The molecule has 0 saturated heterocycles. The first kappa shape index (κ1) is 21.9. The number of aromatic nitrogens is 1. The standard InChI is InChI=1S/C24H19F2N3O4/c1-14-16(10-11-32-14)24(31)29-20-12-15(6-7-19(20)26)28-22(30)8-9-23-27-13-21(33-23)17-4-2-3-5-18(17)25/h2-7,10-13H,8-9H2,1H3,(H,28,30)(H,29,31). The van der Waals surface area contributed by atoms with E-state index in [9.17, 15) is 18.4 Å². The number of hydrogen-bond acceptors (Lipinski definition) is 5. The van der Waals surface area contributed by atoms with Gasteiger partial charge in [0.1, 0.15) is 17.4 Å². The highest BCUT2D eigenvalue weighted by Crippen LogP contribution is 2.24. The molecular formula is C24H19F2N3O4. The Hall–Kier alpha value is -4.27. The molecule has 0 aliphatic carbocycles. The van der Waals surface area contributed by atoms with Crippen molar-refractivity contribution >= 4 is 23.2 Å². The van der Waals surface area contributed by atoms with Crippen LogP contribution in [0.2, 0.25) is 0 Å². The van der Waals surface area contributed by atoms with E-state index < -0.39 is 17.5 Å². The van der Waals surface area contributed by atoms with Crippen LogP contribution in [0.4, 0.5) is 20.2 Å². The number of hydrogen-bond donors (Lipinski definition) is 2. The highest BCUT2D eigenvalue weighted by atomic mass is 19.1. The van der Waals surface area contributed by atoms with Crippen LogP contribution in [0.15, 0.2) is 69.8 Å². The average molecular weight is 451 g/mol. The molecule has 0 atom stereocenters. The minimum Gasteiger partial charge on any atom is -0.469 e. The van der Waals surface area contributed by atoms with Gasteiger partial charge in [0, 0.05) is 18.5 Å². The van der Waals surface area contributed by atoms with Gasteiger partial charge in [-0.1, -0.05) is 12.1 Å². The second-order valence-electron chi connectivity index (χ2n) is 7.19. The van der Waals surface area contributed by atoms with E-state index in [0.717, 1.165) is 6.07 Å². The molecule has 0 radical (unpaired) electrons. The Kier molecular flexibility index (Phi) is 6.30. The molecule has 0 unspecified atom stereocenters. The van der Waals surface area contributed by atoms with Crippen LogP contribution in [0.5, 0.6) is 0 Å². The Morgan fingerprint density at radius 3 is 2.61 bits per heavy atom. The summed E-state index contributed by atoms with van der Waals surface area (Å²) in [7, 11) is 0. The number of carbonyl (C=O) groups excluding carboxylic acids is 2. The second-order valence-corrected chi connectivity index (χ2v) is 7.19. The number of rotatable bonds is 7. The van der Waals surface area contributed by atoms with Crippen molar-refractivity contribution < 1.29 is 27.2 Å². The van der Waals surface area contributed by atoms with E-state index in [2.05, 4.69) is 15.6 Å². The maximum absolute atomic E-state index is 14.2. The Bertz CT molecular complexity index is 1310. The van der Waals surface area contributed by atoms with Crippen molar-refractivity contribution in [1.82, 2.24) is 4.98 Å². The first-order valence-electron chi connectivity index (χ1n) is 10.0. The maximum Gasteiger partial charge on any atom is 0.259 e. The average Bonchev–Trinajstić information content (AvgIpc) is 3.44. The highest BCUT2D eigenvalue weighted by Gasteiger charge is 2.15. The summed E-state index contributed by atoms with van der Waals surface area (Å²) in [5, 5.41) is 5.11. The number of benzene rings is 2. The van der Waals surface area contributed by atoms with E-state index in [1.54, 1.807) is 25.1 Å². The van der Waals surface area contributed by atoms with Crippen molar-refractivity contribution in [2.24, 2.45) is 0 Å². The number of amides is 2. The van der Waals surface area contributed by atoms with Crippen molar-refractivity contribution in [2.75, 3.05) is 10.6 Å². The van der Waals surface area contributed by atoms with Gasteiger partial charge in [-0.15, -0.1) is 0 Å². The number of oxazole rings is 1. The van der Waals surface area contributed by atoms with Crippen molar-refractivity contribution in [2.45, 2.75) is 19.8 Å². The molecule has 7 nitrogen and oxygen atoms in total. The molecule has 2 amide bonds. The molecule has 2 N–H and O–H groups in total. The fourth-order valence-electron chi connectivity index (χ4n) is 3.16. The van der Waals surface area contributed by atoms with E-state index in [1.807, 2.05) is 0 Å². The molecule has 0 fully saturated rings. The summed E-state index contributed by atoms with van der Waals surface area (Å²) in [5.74, 6) is -1.01. The van der Waals surface area contributed by atoms with E-state index >= 15 is 0 Å². The monoisotopic (exact) mass is 451 g/mol. The molecule has 33 heavy (non-hydrogen) atoms. The Morgan fingerprint density at radius 2 is 1.85 bits per heavy atom. The van der Waals surface area contributed by atoms with Crippen LogP contribution < -0.4 is 10.6 Å². The molecule has 2 heterocycles. The minimum atomic E-state index is -0.650. The number of nitrogens with zero attached hydrogens (tertiary/aromatic N) is 1. The zero-order valence-electron chi connectivity index (χ0n) is 17.5. The van der Waals surface area contributed by atoms with Gasteiger partial charge in [-0.05, 0) is 43.3 Å². The van der Waals surface area contributed by atoms with E-state index in [4.69, 9.17) is 8.83 Å². The molecule has 4 aromatic rings. The normalized spacial score (nSPS) is 10.8. The van der Waals surface area contributed by atoms with Crippen LogP contribution in [0.1, 0.15) is 28.4 Å². The lowest BCUT2D eigenvalue weighted by molar-refractivity contribution is -0.116. The molecule has 0 aliphatic rings. The van der Waals surface area contributed by atoms with Crippen molar-refractivity contribution in [3.8, 4) is 11.3 Å². The van der Waals surface area contributed by atoms with E-state index in [1.165, 1.54) is 36.7 Å². The SMILES string of the molecule is Cc1occc1C(=O)Nc1cc(NC(=O)CCc2ncc(-c3ccccc3F)o2)ccc1F. The molecule has 2 aromatic heterocycles. The molecule has 0 bridgehead atoms. The van der Waals surface area contributed by atoms with Crippen LogP contribution in [0.3, 0.4) is 0 Å². The Labute approximate surface area is 187 Å². The van der Waals surface area contributed by atoms with E-state index in [0.29, 0.717) is 11.4 Å². The fraction of sp³-hybridized carbons (Fsp3) is 0.125. The zero-order chi connectivity index (χ0) is 23.4. The fourth-order valence-corrected chi connectivity index (χ4v) is 3.16. The summed E-state index contributed by atoms with van der Waals surface area (Å²) in [6, 6.07) is 11.5. The third kappa shape index (κ3) is 5.15. The molecule has 4 rings (SSSR count). The summed E-state index contributed by atoms with van der Waals surface area (Å²) in [6.45, 7) is 1.62. The Balaban J connectivity index is 1.36. The lowest BCUT2D eigenvalue weighted by Gasteiger charge is -2.09. The van der Waals surface area contributed by atoms with Crippen LogP contribution >= 0.6 is 0 Å². The van der Waals surface area contributed by atoms with Crippen LogP contribution in [0, 0.1) is 18.6 Å². The largest absolute Gasteiger partial charge is 0.469 e. The van der Waals surface area contributed by atoms with Gasteiger partial charge in [0.2, 0.25) is 5.91 Å². The molecular weight excluding hydrogens is 432 g/mol. The number of halogens is 2. The lowest BCUT2D eigenvalue weighted by atomic mass is 10.2.